The van der Waals surface area contributed by atoms with E-state index >= 15 is 0 Å². The van der Waals surface area contributed by atoms with Gasteiger partial charge in [0.1, 0.15) is 18.1 Å². The van der Waals surface area contributed by atoms with Crippen molar-refractivity contribution in [3.63, 3.8) is 0 Å². The minimum absolute atomic E-state index is 0.226. The molecular weight excluding hydrogens is 402 g/mol. The lowest BCUT2D eigenvalue weighted by atomic mass is 9.97. The average Bonchev–Trinajstić information content (AvgIpc) is 3.24. The first kappa shape index (κ1) is 20.6. The summed E-state index contributed by atoms with van der Waals surface area (Å²) in [7, 11) is 0. The van der Waals surface area contributed by atoms with Crippen molar-refractivity contribution in [2.45, 2.75) is 39.7 Å². The largest absolute Gasteiger partial charge is 0.477 e. The third-order valence-electron chi connectivity index (χ3n) is 5.30. The number of nitrogens with zero attached hydrogens (tertiary/aromatic N) is 1. The van der Waals surface area contributed by atoms with Crippen LogP contribution < -0.4 is 10.4 Å². The Morgan fingerprint density at radius 2 is 2.17 bits per heavy atom. The van der Waals surface area contributed by atoms with Crippen LogP contribution in [0.2, 0.25) is 0 Å². The van der Waals surface area contributed by atoms with E-state index in [1.807, 2.05) is 13.0 Å². The highest BCUT2D eigenvalue weighted by Gasteiger charge is 2.25. The standard InChI is InChI=1S/C23H25NO5S/c1-3-27-20(25)7-6-16-12-18-15(2)11-21(26)29-23(18)19-13-24(14-28-22(16)19)9-8-17-5-4-10-30-17/h4-5,10-12H,3,6-9,13-14H2,1-2H3. The molecule has 30 heavy (non-hydrogen) atoms. The summed E-state index contributed by atoms with van der Waals surface area (Å²) in [5.41, 5.74) is 2.90. The number of ether oxygens (including phenoxy) is 2. The Balaban J connectivity index is 1.66. The predicted octanol–water partition coefficient (Wildman–Crippen LogP) is 4.05. The van der Waals surface area contributed by atoms with Gasteiger partial charge in [0.25, 0.3) is 0 Å². The summed E-state index contributed by atoms with van der Waals surface area (Å²) in [6.45, 7) is 6.02. The molecule has 0 fully saturated rings. The number of rotatable bonds is 7. The number of fused-ring (bicyclic) bond motifs is 3. The van der Waals surface area contributed by atoms with Gasteiger partial charge < -0.3 is 13.9 Å². The lowest BCUT2D eigenvalue weighted by Crippen LogP contribution is -2.34. The normalized spacial score (nSPS) is 13.8. The minimum Gasteiger partial charge on any atom is -0.477 e. The van der Waals surface area contributed by atoms with E-state index in [1.54, 1.807) is 18.3 Å². The molecule has 0 unspecified atom stereocenters. The van der Waals surface area contributed by atoms with E-state index in [0.717, 1.165) is 40.8 Å². The number of carbonyl (C=O) groups excluding carboxylic acids is 1. The molecule has 0 N–H and O–H groups in total. The van der Waals surface area contributed by atoms with Crippen LogP contribution in [0.3, 0.4) is 0 Å². The van der Waals surface area contributed by atoms with Gasteiger partial charge in [-0.25, -0.2) is 4.79 Å². The second kappa shape index (κ2) is 9.02. The molecule has 0 aliphatic carbocycles. The fraction of sp³-hybridized carbons (Fsp3) is 0.391. The zero-order valence-electron chi connectivity index (χ0n) is 17.2. The molecule has 0 saturated heterocycles. The Hall–Kier alpha value is -2.64. The van der Waals surface area contributed by atoms with Crippen molar-refractivity contribution in [2.24, 2.45) is 0 Å². The van der Waals surface area contributed by atoms with Gasteiger partial charge in [-0.1, -0.05) is 6.07 Å². The molecule has 0 amide bonds. The van der Waals surface area contributed by atoms with Gasteiger partial charge in [0.05, 0.1) is 12.2 Å². The summed E-state index contributed by atoms with van der Waals surface area (Å²) in [5, 5.41) is 2.97. The summed E-state index contributed by atoms with van der Waals surface area (Å²) in [5.74, 6) is 0.504. The van der Waals surface area contributed by atoms with Crippen molar-refractivity contribution in [3.8, 4) is 5.75 Å². The second-order valence-corrected chi connectivity index (χ2v) is 8.46. The molecule has 4 rings (SSSR count). The minimum atomic E-state index is -0.364. The molecule has 3 heterocycles. The highest BCUT2D eigenvalue weighted by Crippen LogP contribution is 2.37. The number of hydrogen-bond acceptors (Lipinski definition) is 7. The van der Waals surface area contributed by atoms with E-state index in [9.17, 15) is 9.59 Å². The summed E-state index contributed by atoms with van der Waals surface area (Å²) in [6, 6.07) is 7.67. The highest BCUT2D eigenvalue weighted by molar-refractivity contribution is 7.09. The average molecular weight is 428 g/mol. The molecule has 158 valence electrons. The van der Waals surface area contributed by atoms with Gasteiger partial charge in [-0.3, -0.25) is 9.69 Å². The molecule has 1 aliphatic heterocycles. The van der Waals surface area contributed by atoms with Crippen LogP contribution >= 0.6 is 11.3 Å². The molecule has 2 aromatic heterocycles. The van der Waals surface area contributed by atoms with Gasteiger partial charge in [0.15, 0.2) is 0 Å². The zero-order chi connectivity index (χ0) is 21.1. The lowest BCUT2D eigenvalue weighted by Gasteiger charge is -2.30. The van der Waals surface area contributed by atoms with Crippen LogP contribution in [-0.4, -0.2) is 30.8 Å². The summed E-state index contributed by atoms with van der Waals surface area (Å²) >= 11 is 1.75. The van der Waals surface area contributed by atoms with Crippen molar-refractivity contribution in [1.29, 1.82) is 0 Å². The Labute approximate surface area is 179 Å². The lowest BCUT2D eigenvalue weighted by molar-refractivity contribution is -0.143. The molecule has 3 aromatic rings. The van der Waals surface area contributed by atoms with Gasteiger partial charge >= 0.3 is 11.6 Å². The van der Waals surface area contributed by atoms with E-state index in [0.29, 0.717) is 31.9 Å². The molecule has 0 radical (unpaired) electrons. The Morgan fingerprint density at radius 1 is 1.30 bits per heavy atom. The van der Waals surface area contributed by atoms with Crippen molar-refractivity contribution >= 4 is 28.3 Å². The van der Waals surface area contributed by atoms with Crippen LogP contribution in [0.5, 0.6) is 5.75 Å². The molecule has 1 aliphatic rings. The molecular formula is C23H25NO5S. The molecule has 0 saturated carbocycles. The number of hydrogen-bond donors (Lipinski definition) is 0. The zero-order valence-corrected chi connectivity index (χ0v) is 18.0. The molecule has 6 nitrogen and oxygen atoms in total. The SMILES string of the molecule is CCOC(=O)CCc1cc2c(C)cc(=O)oc2c2c1OCN(CCc1cccs1)C2. The second-order valence-electron chi connectivity index (χ2n) is 7.43. The van der Waals surface area contributed by atoms with Crippen LogP contribution in [0, 0.1) is 6.92 Å². The van der Waals surface area contributed by atoms with Crippen LogP contribution in [0.1, 0.15) is 34.9 Å². The molecule has 7 heteroatoms. The van der Waals surface area contributed by atoms with Gasteiger partial charge in [0, 0.05) is 35.8 Å². The fourth-order valence-electron chi connectivity index (χ4n) is 3.83. The smallest absolute Gasteiger partial charge is 0.336 e. The third kappa shape index (κ3) is 4.42. The number of benzene rings is 1. The van der Waals surface area contributed by atoms with Crippen LogP contribution in [0.4, 0.5) is 0 Å². The maximum atomic E-state index is 12.0. The maximum Gasteiger partial charge on any atom is 0.336 e. The Bertz CT molecular complexity index is 1100. The monoisotopic (exact) mass is 427 g/mol. The van der Waals surface area contributed by atoms with Gasteiger partial charge in [0.2, 0.25) is 0 Å². The van der Waals surface area contributed by atoms with Crippen molar-refractivity contribution in [2.75, 3.05) is 19.9 Å². The molecule has 0 spiro atoms. The van der Waals surface area contributed by atoms with Gasteiger partial charge in [-0.15, -0.1) is 11.3 Å². The number of aryl methyl sites for hydroxylation is 2. The van der Waals surface area contributed by atoms with E-state index < -0.39 is 0 Å². The molecule has 0 atom stereocenters. The summed E-state index contributed by atoms with van der Waals surface area (Å²) in [4.78, 5) is 27.5. The highest BCUT2D eigenvalue weighted by atomic mass is 32.1. The predicted molar refractivity (Wildman–Crippen MR) is 116 cm³/mol. The van der Waals surface area contributed by atoms with Gasteiger partial charge in [-0.2, -0.15) is 0 Å². The first-order valence-corrected chi connectivity index (χ1v) is 11.1. The molecule has 1 aromatic carbocycles. The number of thiophene rings is 1. The topological polar surface area (TPSA) is 69.0 Å². The summed E-state index contributed by atoms with van der Waals surface area (Å²) < 4.78 is 16.8. The van der Waals surface area contributed by atoms with Crippen LogP contribution in [0.15, 0.2) is 38.9 Å². The third-order valence-corrected chi connectivity index (χ3v) is 6.23. The van der Waals surface area contributed by atoms with E-state index in [1.165, 1.54) is 10.9 Å². The molecule has 0 bridgehead atoms. The summed E-state index contributed by atoms with van der Waals surface area (Å²) in [6.07, 6.45) is 1.75. The van der Waals surface area contributed by atoms with Crippen molar-refractivity contribution < 1.29 is 18.7 Å². The maximum absolute atomic E-state index is 12.0. The number of carbonyl (C=O) groups is 1. The van der Waals surface area contributed by atoms with E-state index in [-0.39, 0.29) is 18.0 Å². The fourth-order valence-corrected chi connectivity index (χ4v) is 4.53. The van der Waals surface area contributed by atoms with Crippen molar-refractivity contribution in [3.05, 3.63) is 61.6 Å². The first-order chi connectivity index (χ1) is 14.5. The van der Waals surface area contributed by atoms with Gasteiger partial charge in [-0.05, 0) is 55.3 Å². The number of esters is 1. The first-order valence-electron chi connectivity index (χ1n) is 10.2. The Kier molecular flexibility index (Phi) is 6.20. The quantitative estimate of drug-likeness (QED) is 0.419. The van der Waals surface area contributed by atoms with E-state index in [4.69, 9.17) is 13.9 Å². The van der Waals surface area contributed by atoms with Crippen LogP contribution in [0.25, 0.3) is 11.0 Å². The Morgan fingerprint density at radius 3 is 2.93 bits per heavy atom. The van der Waals surface area contributed by atoms with E-state index in [2.05, 4.69) is 22.4 Å². The van der Waals surface area contributed by atoms with Crippen molar-refractivity contribution in [1.82, 2.24) is 4.90 Å². The van der Waals surface area contributed by atoms with Crippen LogP contribution in [-0.2, 0) is 28.9 Å².